The Morgan fingerprint density at radius 1 is 1.50 bits per heavy atom. The normalized spacial score (nSPS) is 13.1. The van der Waals surface area contributed by atoms with Crippen LogP contribution in [0.1, 0.15) is 12.5 Å². The van der Waals surface area contributed by atoms with Gasteiger partial charge >= 0.3 is 12.1 Å². The van der Waals surface area contributed by atoms with E-state index in [0.717, 1.165) is 0 Å². The highest BCUT2D eigenvalue weighted by Crippen LogP contribution is 2.17. The highest BCUT2D eigenvalue weighted by Gasteiger charge is 2.36. The van der Waals surface area contributed by atoms with Crippen LogP contribution in [0.4, 0.5) is 9.18 Å². The molecule has 1 aromatic carbocycles. The second kappa shape index (κ2) is 6.70. The van der Waals surface area contributed by atoms with Crippen LogP contribution in [-0.4, -0.2) is 29.3 Å². The number of carbonyl (C=O) groups is 2. The van der Waals surface area contributed by atoms with Crippen molar-refractivity contribution < 1.29 is 23.8 Å². The van der Waals surface area contributed by atoms with Crippen LogP contribution >= 0.6 is 0 Å². The summed E-state index contributed by atoms with van der Waals surface area (Å²) in [6, 6.07) is 5.79. The molecule has 108 valence electrons. The summed E-state index contributed by atoms with van der Waals surface area (Å²) in [4.78, 5) is 22.8. The number of benzene rings is 1. The molecular weight excluding hydrogens is 265 g/mol. The number of amides is 1. The lowest BCUT2D eigenvalue weighted by Crippen LogP contribution is -2.54. The van der Waals surface area contributed by atoms with Crippen molar-refractivity contribution in [3.63, 3.8) is 0 Å². The summed E-state index contributed by atoms with van der Waals surface area (Å²) in [5.41, 5.74) is -1.47. The summed E-state index contributed by atoms with van der Waals surface area (Å²) in [5.74, 6) is -1.81. The second-order valence-corrected chi connectivity index (χ2v) is 4.42. The van der Waals surface area contributed by atoms with Crippen molar-refractivity contribution in [1.82, 2.24) is 5.32 Å². The number of aliphatic carboxylic acids is 1. The minimum atomic E-state index is -1.67. The smallest absolute Gasteiger partial charge is 0.408 e. The zero-order valence-corrected chi connectivity index (χ0v) is 11.1. The number of alkyl carbamates (subject to hydrolysis) is 1. The lowest BCUT2D eigenvalue weighted by atomic mass is 9.93. The number of nitrogens with one attached hydrogen (secondary N) is 1. The van der Waals surface area contributed by atoms with Crippen LogP contribution in [0, 0.1) is 5.82 Å². The van der Waals surface area contributed by atoms with Crippen LogP contribution in [0.2, 0.25) is 0 Å². The van der Waals surface area contributed by atoms with E-state index in [1.807, 2.05) is 0 Å². The molecule has 2 N–H and O–H groups in total. The van der Waals surface area contributed by atoms with Crippen LogP contribution in [0.5, 0.6) is 0 Å². The van der Waals surface area contributed by atoms with Gasteiger partial charge in [-0.2, -0.15) is 0 Å². The molecule has 0 heterocycles. The number of carboxylic acid groups (broad SMARTS) is 1. The fourth-order valence-corrected chi connectivity index (χ4v) is 1.59. The van der Waals surface area contributed by atoms with E-state index in [9.17, 15) is 19.1 Å². The molecule has 0 radical (unpaired) electrons. The Morgan fingerprint density at radius 3 is 2.70 bits per heavy atom. The maximum Gasteiger partial charge on any atom is 0.408 e. The van der Waals surface area contributed by atoms with E-state index >= 15 is 0 Å². The fraction of sp³-hybridized carbons (Fsp3) is 0.286. The third-order valence-electron chi connectivity index (χ3n) is 2.68. The first kappa shape index (κ1) is 15.7. The minimum absolute atomic E-state index is 0.0404. The number of carboxylic acids is 1. The summed E-state index contributed by atoms with van der Waals surface area (Å²) in [7, 11) is 0. The average molecular weight is 281 g/mol. The molecule has 0 fully saturated rings. The molecule has 0 saturated carbocycles. The lowest BCUT2D eigenvalue weighted by Gasteiger charge is -2.26. The van der Waals surface area contributed by atoms with Crippen LogP contribution in [0.15, 0.2) is 36.9 Å². The molecule has 0 aliphatic heterocycles. The van der Waals surface area contributed by atoms with Gasteiger partial charge in [0, 0.05) is 6.42 Å². The number of rotatable bonds is 6. The zero-order chi connectivity index (χ0) is 15.2. The number of hydrogen-bond acceptors (Lipinski definition) is 3. The Hall–Kier alpha value is -2.37. The zero-order valence-electron chi connectivity index (χ0n) is 11.1. The molecule has 1 unspecified atom stereocenters. The van der Waals surface area contributed by atoms with Crippen molar-refractivity contribution >= 4 is 12.1 Å². The average Bonchev–Trinajstić information content (AvgIpc) is 2.39. The first-order chi connectivity index (χ1) is 9.39. The SMILES string of the molecule is C=CCOC(=O)NC(C)(Cc1ccccc1F)C(=O)O. The molecule has 1 amide bonds. The largest absolute Gasteiger partial charge is 0.480 e. The molecule has 20 heavy (non-hydrogen) atoms. The van der Waals surface area contributed by atoms with E-state index in [4.69, 9.17) is 0 Å². The van der Waals surface area contributed by atoms with Crippen LogP contribution in [0.25, 0.3) is 0 Å². The molecule has 0 saturated heterocycles. The highest BCUT2D eigenvalue weighted by molar-refractivity contribution is 5.84. The summed E-state index contributed by atoms with van der Waals surface area (Å²) < 4.78 is 18.3. The number of halogens is 1. The molecule has 1 rings (SSSR count). The minimum Gasteiger partial charge on any atom is -0.480 e. The molecule has 1 aromatic rings. The maximum atomic E-state index is 13.6. The summed E-state index contributed by atoms with van der Waals surface area (Å²) in [6.45, 7) is 4.62. The number of hydrogen-bond donors (Lipinski definition) is 2. The van der Waals surface area contributed by atoms with Crippen molar-refractivity contribution in [3.8, 4) is 0 Å². The third-order valence-corrected chi connectivity index (χ3v) is 2.68. The molecule has 5 nitrogen and oxygen atoms in total. The molecule has 0 spiro atoms. The van der Waals surface area contributed by atoms with Gasteiger partial charge in [-0.3, -0.25) is 0 Å². The van der Waals surface area contributed by atoms with Gasteiger partial charge in [0.25, 0.3) is 0 Å². The molecular formula is C14H16FNO4. The highest BCUT2D eigenvalue weighted by atomic mass is 19.1. The Bertz CT molecular complexity index is 518. The molecule has 0 bridgehead atoms. The standard InChI is InChI=1S/C14H16FNO4/c1-3-8-20-13(19)16-14(2,12(17)18)9-10-6-4-5-7-11(10)15/h3-7H,1,8-9H2,2H3,(H,16,19)(H,17,18). The molecule has 0 aliphatic rings. The van der Waals surface area contributed by atoms with Gasteiger partial charge in [0.15, 0.2) is 0 Å². The quantitative estimate of drug-likeness (QED) is 0.783. The van der Waals surface area contributed by atoms with Gasteiger partial charge in [0.2, 0.25) is 0 Å². The van der Waals surface area contributed by atoms with E-state index in [0.29, 0.717) is 0 Å². The Balaban J connectivity index is 2.87. The van der Waals surface area contributed by atoms with Gasteiger partial charge in [-0.05, 0) is 18.6 Å². The summed E-state index contributed by atoms with van der Waals surface area (Å²) in [6.07, 6.45) is 0.262. The van der Waals surface area contributed by atoms with E-state index in [1.165, 1.54) is 31.2 Å². The van der Waals surface area contributed by atoms with Gasteiger partial charge in [-0.25, -0.2) is 14.0 Å². The van der Waals surface area contributed by atoms with E-state index in [-0.39, 0.29) is 18.6 Å². The van der Waals surface area contributed by atoms with Crippen molar-refractivity contribution in [3.05, 3.63) is 48.3 Å². The van der Waals surface area contributed by atoms with Gasteiger partial charge in [-0.1, -0.05) is 30.9 Å². The molecule has 0 aliphatic carbocycles. The van der Waals surface area contributed by atoms with Crippen molar-refractivity contribution in [1.29, 1.82) is 0 Å². The van der Waals surface area contributed by atoms with Crippen LogP contribution in [-0.2, 0) is 16.0 Å². The predicted octanol–water partition coefficient (Wildman–Crippen LogP) is 2.12. The van der Waals surface area contributed by atoms with Gasteiger partial charge in [0.05, 0.1) is 0 Å². The number of carbonyl (C=O) groups excluding carboxylic acids is 1. The van der Waals surface area contributed by atoms with Crippen LogP contribution < -0.4 is 5.32 Å². The molecule has 6 heteroatoms. The van der Waals surface area contributed by atoms with Crippen LogP contribution in [0.3, 0.4) is 0 Å². The maximum absolute atomic E-state index is 13.6. The monoisotopic (exact) mass is 281 g/mol. The summed E-state index contributed by atoms with van der Waals surface area (Å²) >= 11 is 0. The topological polar surface area (TPSA) is 75.6 Å². The van der Waals surface area contributed by atoms with Crippen molar-refractivity contribution in [2.24, 2.45) is 0 Å². The van der Waals surface area contributed by atoms with E-state index in [2.05, 4.69) is 16.6 Å². The van der Waals surface area contributed by atoms with Crippen molar-refractivity contribution in [2.75, 3.05) is 6.61 Å². The van der Waals surface area contributed by atoms with Gasteiger partial charge in [-0.15, -0.1) is 0 Å². The van der Waals surface area contributed by atoms with Gasteiger partial charge in [0.1, 0.15) is 18.0 Å². The first-order valence-electron chi connectivity index (χ1n) is 5.91. The third kappa shape index (κ3) is 4.08. The second-order valence-electron chi connectivity index (χ2n) is 4.42. The fourth-order valence-electron chi connectivity index (χ4n) is 1.59. The lowest BCUT2D eigenvalue weighted by molar-refractivity contribution is -0.143. The van der Waals surface area contributed by atoms with E-state index in [1.54, 1.807) is 6.07 Å². The Morgan fingerprint density at radius 2 is 2.15 bits per heavy atom. The Kier molecular flexibility index (Phi) is 5.25. The molecule has 1 atom stereocenters. The Labute approximate surface area is 116 Å². The predicted molar refractivity (Wildman–Crippen MR) is 70.8 cm³/mol. The number of ether oxygens (including phenoxy) is 1. The summed E-state index contributed by atoms with van der Waals surface area (Å²) in [5, 5.41) is 11.5. The van der Waals surface area contributed by atoms with Gasteiger partial charge < -0.3 is 15.2 Å². The van der Waals surface area contributed by atoms with Crippen molar-refractivity contribution in [2.45, 2.75) is 18.9 Å². The molecule has 0 aromatic heterocycles. The van der Waals surface area contributed by atoms with E-state index < -0.39 is 23.4 Å². The first-order valence-corrected chi connectivity index (χ1v) is 5.91.